The summed E-state index contributed by atoms with van der Waals surface area (Å²) in [5, 5.41) is 9.42. The molecule has 0 atom stereocenters. The standard InChI is InChI=1S/C12H11ClN2O2/c13-12-6-14-4-3-9(12)8-17-11-2-1-10(7-16)15-5-11/h1-6,16H,7-8H2. The van der Waals surface area contributed by atoms with Gasteiger partial charge in [-0.05, 0) is 18.2 Å². The number of hydrogen-bond acceptors (Lipinski definition) is 4. The van der Waals surface area contributed by atoms with Gasteiger partial charge in [0.2, 0.25) is 0 Å². The monoisotopic (exact) mass is 250 g/mol. The lowest BCUT2D eigenvalue weighted by Crippen LogP contribution is -1.98. The van der Waals surface area contributed by atoms with Gasteiger partial charge < -0.3 is 9.84 Å². The minimum Gasteiger partial charge on any atom is -0.487 e. The maximum Gasteiger partial charge on any atom is 0.138 e. The van der Waals surface area contributed by atoms with Crippen LogP contribution >= 0.6 is 11.6 Å². The highest BCUT2D eigenvalue weighted by Crippen LogP contribution is 2.17. The van der Waals surface area contributed by atoms with Gasteiger partial charge in [0.15, 0.2) is 0 Å². The Balaban J connectivity index is 2.00. The van der Waals surface area contributed by atoms with Crippen LogP contribution in [-0.4, -0.2) is 15.1 Å². The molecule has 0 saturated carbocycles. The van der Waals surface area contributed by atoms with Crippen LogP contribution < -0.4 is 4.74 Å². The topological polar surface area (TPSA) is 55.2 Å². The molecule has 0 radical (unpaired) electrons. The molecule has 5 heteroatoms. The van der Waals surface area contributed by atoms with Gasteiger partial charge in [-0.25, -0.2) is 0 Å². The zero-order valence-electron chi connectivity index (χ0n) is 9.01. The molecule has 17 heavy (non-hydrogen) atoms. The third-order valence-electron chi connectivity index (χ3n) is 2.21. The minimum absolute atomic E-state index is 0.0730. The molecule has 2 heterocycles. The van der Waals surface area contributed by atoms with Crippen molar-refractivity contribution in [2.45, 2.75) is 13.2 Å². The average Bonchev–Trinajstić information content (AvgIpc) is 2.38. The second-order valence-electron chi connectivity index (χ2n) is 3.40. The summed E-state index contributed by atoms with van der Waals surface area (Å²) in [4.78, 5) is 7.91. The first kappa shape index (κ1) is 11.8. The molecule has 0 aliphatic heterocycles. The fourth-order valence-corrected chi connectivity index (χ4v) is 1.45. The molecule has 0 aromatic carbocycles. The molecule has 0 bridgehead atoms. The zero-order valence-corrected chi connectivity index (χ0v) is 9.76. The second kappa shape index (κ2) is 5.61. The first-order chi connectivity index (χ1) is 8.29. The highest BCUT2D eigenvalue weighted by molar-refractivity contribution is 6.31. The first-order valence-electron chi connectivity index (χ1n) is 5.06. The number of ether oxygens (including phenoxy) is 1. The van der Waals surface area contributed by atoms with Gasteiger partial charge in [0, 0.05) is 18.0 Å². The molecule has 0 spiro atoms. The van der Waals surface area contributed by atoms with E-state index >= 15 is 0 Å². The fraction of sp³-hybridized carbons (Fsp3) is 0.167. The number of nitrogens with zero attached hydrogens (tertiary/aromatic N) is 2. The summed E-state index contributed by atoms with van der Waals surface area (Å²) >= 11 is 5.95. The molecule has 0 saturated heterocycles. The normalized spacial score (nSPS) is 10.2. The van der Waals surface area contributed by atoms with Crippen LogP contribution in [0.5, 0.6) is 5.75 Å². The number of aliphatic hydroxyl groups excluding tert-OH is 1. The molecule has 2 rings (SSSR count). The van der Waals surface area contributed by atoms with Crippen molar-refractivity contribution in [1.29, 1.82) is 0 Å². The van der Waals surface area contributed by atoms with E-state index in [-0.39, 0.29) is 6.61 Å². The molecule has 0 aliphatic rings. The van der Waals surface area contributed by atoms with E-state index in [1.54, 1.807) is 36.8 Å². The van der Waals surface area contributed by atoms with E-state index in [1.165, 1.54) is 0 Å². The van der Waals surface area contributed by atoms with Crippen molar-refractivity contribution < 1.29 is 9.84 Å². The smallest absolute Gasteiger partial charge is 0.138 e. The van der Waals surface area contributed by atoms with E-state index in [0.717, 1.165) is 5.56 Å². The summed E-state index contributed by atoms with van der Waals surface area (Å²) in [6.07, 6.45) is 4.81. The van der Waals surface area contributed by atoms with Gasteiger partial charge >= 0.3 is 0 Å². The van der Waals surface area contributed by atoms with Crippen molar-refractivity contribution in [3.8, 4) is 5.75 Å². The van der Waals surface area contributed by atoms with Crippen molar-refractivity contribution in [3.63, 3.8) is 0 Å². The SMILES string of the molecule is OCc1ccc(OCc2ccncc2Cl)cn1. The molecular formula is C12H11ClN2O2. The zero-order chi connectivity index (χ0) is 12.1. The summed E-state index contributed by atoms with van der Waals surface area (Å²) < 4.78 is 5.52. The summed E-state index contributed by atoms with van der Waals surface area (Å²) in [6, 6.07) is 5.27. The largest absolute Gasteiger partial charge is 0.487 e. The Morgan fingerprint density at radius 2 is 2.12 bits per heavy atom. The van der Waals surface area contributed by atoms with E-state index in [4.69, 9.17) is 21.4 Å². The van der Waals surface area contributed by atoms with Gasteiger partial charge in [0.25, 0.3) is 0 Å². The van der Waals surface area contributed by atoms with Crippen LogP contribution in [-0.2, 0) is 13.2 Å². The number of aliphatic hydroxyl groups is 1. The Morgan fingerprint density at radius 1 is 1.24 bits per heavy atom. The third kappa shape index (κ3) is 3.15. The summed E-state index contributed by atoms with van der Waals surface area (Å²) in [5.41, 5.74) is 1.48. The third-order valence-corrected chi connectivity index (χ3v) is 2.55. The fourth-order valence-electron chi connectivity index (χ4n) is 1.27. The first-order valence-corrected chi connectivity index (χ1v) is 5.44. The average molecular weight is 251 g/mol. The predicted octanol–water partition coefficient (Wildman–Crippen LogP) is 2.20. The highest BCUT2D eigenvalue weighted by Gasteiger charge is 2.01. The number of pyridine rings is 2. The van der Waals surface area contributed by atoms with Gasteiger partial charge in [-0.2, -0.15) is 0 Å². The molecule has 4 nitrogen and oxygen atoms in total. The second-order valence-corrected chi connectivity index (χ2v) is 3.81. The van der Waals surface area contributed by atoms with Crippen molar-refractivity contribution >= 4 is 11.6 Å². The lowest BCUT2D eigenvalue weighted by Gasteiger charge is -2.07. The van der Waals surface area contributed by atoms with Gasteiger partial charge in [-0.3, -0.25) is 9.97 Å². The molecule has 0 unspecified atom stereocenters. The van der Waals surface area contributed by atoms with E-state index in [9.17, 15) is 0 Å². The molecule has 2 aromatic rings. The lowest BCUT2D eigenvalue weighted by molar-refractivity contribution is 0.275. The Morgan fingerprint density at radius 3 is 2.76 bits per heavy atom. The maximum absolute atomic E-state index is 8.85. The Labute approximate surface area is 104 Å². The van der Waals surface area contributed by atoms with Crippen LogP contribution in [0.25, 0.3) is 0 Å². The van der Waals surface area contributed by atoms with Crippen molar-refractivity contribution in [3.05, 3.63) is 53.1 Å². The Hall–Kier alpha value is -1.65. The number of aromatic nitrogens is 2. The van der Waals surface area contributed by atoms with Crippen LogP contribution in [0.2, 0.25) is 5.02 Å². The van der Waals surface area contributed by atoms with Crippen LogP contribution in [0, 0.1) is 0 Å². The molecule has 0 fully saturated rings. The quantitative estimate of drug-likeness (QED) is 0.904. The number of hydrogen-bond donors (Lipinski definition) is 1. The maximum atomic E-state index is 8.85. The Kier molecular flexibility index (Phi) is 3.90. The summed E-state index contributed by atoms with van der Waals surface area (Å²) in [6.45, 7) is 0.290. The summed E-state index contributed by atoms with van der Waals surface area (Å²) in [5.74, 6) is 0.634. The van der Waals surface area contributed by atoms with Crippen LogP contribution in [0.1, 0.15) is 11.3 Å². The van der Waals surface area contributed by atoms with E-state index in [2.05, 4.69) is 9.97 Å². The van der Waals surface area contributed by atoms with E-state index in [1.807, 2.05) is 0 Å². The molecule has 0 amide bonds. The van der Waals surface area contributed by atoms with Crippen LogP contribution in [0.3, 0.4) is 0 Å². The van der Waals surface area contributed by atoms with Crippen LogP contribution in [0.4, 0.5) is 0 Å². The highest BCUT2D eigenvalue weighted by atomic mass is 35.5. The molecule has 2 aromatic heterocycles. The molecule has 1 N–H and O–H groups in total. The van der Waals surface area contributed by atoms with E-state index in [0.29, 0.717) is 23.1 Å². The molecular weight excluding hydrogens is 240 g/mol. The van der Waals surface area contributed by atoms with Crippen LogP contribution in [0.15, 0.2) is 36.8 Å². The Bertz CT molecular complexity index is 488. The number of rotatable bonds is 4. The van der Waals surface area contributed by atoms with E-state index < -0.39 is 0 Å². The van der Waals surface area contributed by atoms with Gasteiger partial charge in [0.1, 0.15) is 12.4 Å². The number of halogens is 1. The lowest BCUT2D eigenvalue weighted by atomic mass is 10.3. The predicted molar refractivity (Wildman–Crippen MR) is 63.7 cm³/mol. The molecule has 0 aliphatic carbocycles. The molecule has 88 valence electrons. The van der Waals surface area contributed by atoms with Crippen molar-refractivity contribution in [2.75, 3.05) is 0 Å². The van der Waals surface area contributed by atoms with Gasteiger partial charge in [0.05, 0.1) is 23.5 Å². The minimum atomic E-state index is -0.0730. The summed E-state index contributed by atoms with van der Waals surface area (Å²) in [7, 11) is 0. The van der Waals surface area contributed by atoms with Crippen molar-refractivity contribution in [2.24, 2.45) is 0 Å². The van der Waals surface area contributed by atoms with Gasteiger partial charge in [-0.1, -0.05) is 11.6 Å². The van der Waals surface area contributed by atoms with Gasteiger partial charge in [-0.15, -0.1) is 0 Å². The van der Waals surface area contributed by atoms with Crippen molar-refractivity contribution in [1.82, 2.24) is 9.97 Å².